The summed E-state index contributed by atoms with van der Waals surface area (Å²) < 4.78 is 14.7. The molecule has 3 rings (SSSR count). The van der Waals surface area contributed by atoms with Crippen molar-refractivity contribution in [3.05, 3.63) is 63.9 Å². The van der Waals surface area contributed by atoms with E-state index in [9.17, 15) is 4.39 Å². The number of nitriles is 1. The molecule has 0 atom stereocenters. The first-order valence-corrected chi connectivity index (χ1v) is 7.68. The van der Waals surface area contributed by atoms with Crippen LogP contribution in [0.4, 0.5) is 10.1 Å². The fraction of sp³-hybridized carbons (Fsp3) is 0.235. The van der Waals surface area contributed by atoms with Gasteiger partial charge in [0, 0.05) is 10.5 Å². The number of nitrogens with one attached hydrogen (secondary N) is 1. The monoisotopic (exact) mass is 344 g/mol. The molecule has 0 radical (unpaired) electrons. The van der Waals surface area contributed by atoms with Gasteiger partial charge in [0.15, 0.2) is 0 Å². The van der Waals surface area contributed by atoms with Crippen molar-refractivity contribution in [3.8, 4) is 6.07 Å². The highest BCUT2D eigenvalue weighted by Gasteiger charge is 2.31. The van der Waals surface area contributed by atoms with E-state index in [0.29, 0.717) is 11.6 Å². The summed E-state index contributed by atoms with van der Waals surface area (Å²) in [5.41, 5.74) is 2.00. The van der Waals surface area contributed by atoms with E-state index in [1.807, 2.05) is 18.2 Å². The summed E-state index contributed by atoms with van der Waals surface area (Å²) in [6.07, 6.45) is 1.98. The molecule has 1 aliphatic carbocycles. The molecule has 106 valence electrons. The lowest BCUT2D eigenvalue weighted by Crippen LogP contribution is -2.34. The van der Waals surface area contributed by atoms with Gasteiger partial charge in [0.2, 0.25) is 0 Å². The highest BCUT2D eigenvalue weighted by atomic mass is 79.9. The number of anilines is 1. The van der Waals surface area contributed by atoms with Gasteiger partial charge in [-0.05, 0) is 42.5 Å². The van der Waals surface area contributed by atoms with Crippen molar-refractivity contribution in [1.82, 2.24) is 0 Å². The van der Waals surface area contributed by atoms with Gasteiger partial charge in [-0.2, -0.15) is 5.26 Å². The van der Waals surface area contributed by atoms with Crippen LogP contribution >= 0.6 is 15.9 Å². The molecule has 2 aromatic rings. The first-order chi connectivity index (χ1) is 10.2. The summed E-state index contributed by atoms with van der Waals surface area (Å²) in [5.74, 6) is 0.0429. The smallest absolute Gasteiger partial charge is 0.143 e. The summed E-state index contributed by atoms with van der Waals surface area (Å²) >= 11 is 3.58. The van der Waals surface area contributed by atoms with E-state index in [-0.39, 0.29) is 11.6 Å². The molecule has 1 fully saturated rings. The quantitative estimate of drug-likeness (QED) is 0.866. The molecule has 0 saturated heterocycles. The molecule has 0 unspecified atom stereocenters. The van der Waals surface area contributed by atoms with Crippen LogP contribution in [0.15, 0.2) is 46.9 Å². The zero-order chi connectivity index (χ0) is 14.8. The van der Waals surface area contributed by atoms with E-state index in [1.165, 1.54) is 11.6 Å². The topological polar surface area (TPSA) is 35.8 Å². The maximum Gasteiger partial charge on any atom is 0.143 e. The minimum Gasteiger partial charge on any atom is -0.381 e. The molecule has 1 N–H and O–H groups in total. The molecule has 2 nitrogen and oxygen atoms in total. The maximum absolute atomic E-state index is 13.5. The van der Waals surface area contributed by atoms with E-state index in [0.717, 1.165) is 17.3 Å². The minimum absolute atomic E-state index is 0.0989. The first kappa shape index (κ1) is 14.1. The summed E-state index contributed by atoms with van der Waals surface area (Å²) in [6.45, 7) is 0. The zero-order valence-electron chi connectivity index (χ0n) is 11.3. The van der Waals surface area contributed by atoms with Crippen molar-refractivity contribution in [1.29, 1.82) is 5.26 Å². The molecule has 0 heterocycles. The van der Waals surface area contributed by atoms with Crippen molar-refractivity contribution in [2.75, 3.05) is 5.32 Å². The van der Waals surface area contributed by atoms with Crippen LogP contribution in [0.1, 0.15) is 29.9 Å². The number of halogens is 2. The van der Waals surface area contributed by atoms with Gasteiger partial charge in [0.1, 0.15) is 17.4 Å². The Morgan fingerprint density at radius 1 is 1.14 bits per heavy atom. The molecule has 0 aliphatic heterocycles. The van der Waals surface area contributed by atoms with Crippen LogP contribution in [-0.4, -0.2) is 6.04 Å². The second-order valence-corrected chi connectivity index (χ2v) is 6.16. The molecule has 0 bridgehead atoms. The number of hydrogen-bond donors (Lipinski definition) is 1. The fourth-order valence-electron chi connectivity index (χ4n) is 2.77. The van der Waals surface area contributed by atoms with E-state index in [4.69, 9.17) is 5.26 Å². The van der Waals surface area contributed by atoms with Crippen molar-refractivity contribution in [2.45, 2.75) is 24.8 Å². The summed E-state index contributed by atoms with van der Waals surface area (Å²) in [6, 6.07) is 15.1. The van der Waals surface area contributed by atoms with Crippen LogP contribution in [-0.2, 0) is 0 Å². The average Bonchev–Trinajstić information content (AvgIpc) is 2.44. The van der Waals surface area contributed by atoms with E-state index < -0.39 is 5.82 Å². The SMILES string of the molecule is N#Cc1c(F)cccc1NC1CC(c2ccccc2Br)C1. The van der Waals surface area contributed by atoms with E-state index in [2.05, 4.69) is 33.4 Å². The Morgan fingerprint density at radius 2 is 1.90 bits per heavy atom. The third-order valence-electron chi connectivity index (χ3n) is 3.97. The number of nitrogens with zero attached hydrogens (tertiary/aromatic N) is 1. The Kier molecular flexibility index (Phi) is 3.94. The number of hydrogen-bond acceptors (Lipinski definition) is 2. The molecule has 1 aliphatic rings. The summed E-state index contributed by atoms with van der Waals surface area (Å²) in [7, 11) is 0. The largest absolute Gasteiger partial charge is 0.381 e. The summed E-state index contributed by atoms with van der Waals surface area (Å²) in [4.78, 5) is 0. The van der Waals surface area contributed by atoms with Crippen molar-refractivity contribution >= 4 is 21.6 Å². The van der Waals surface area contributed by atoms with Crippen LogP contribution < -0.4 is 5.32 Å². The Balaban J connectivity index is 1.67. The third-order valence-corrected chi connectivity index (χ3v) is 4.69. The Morgan fingerprint density at radius 3 is 2.62 bits per heavy atom. The highest BCUT2D eigenvalue weighted by molar-refractivity contribution is 9.10. The van der Waals surface area contributed by atoms with E-state index >= 15 is 0 Å². The normalized spacial score (nSPS) is 20.4. The van der Waals surface area contributed by atoms with Crippen LogP contribution in [0.2, 0.25) is 0 Å². The maximum atomic E-state index is 13.5. The van der Waals surface area contributed by atoms with Crippen molar-refractivity contribution in [3.63, 3.8) is 0 Å². The third kappa shape index (κ3) is 2.79. The molecular weight excluding hydrogens is 331 g/mol. The highest BCUT2D eigenvalue weighted by Crippen LogP contribution is 2.41. The lowest BCUT2D eigenvalue weighted by Gasteiger charge is -2.37. The lowest BCUT2D eigenvalue weighted by atomic mass is 9.76. The van der Waals surface area contributed by atoms with Crippen LogP contribution in [0.5, 0.6) is 0 Å². The Hall–Kier alpha value is -1.86. The van der Waals surface area contributed by atoms with Gasteiger partial charge < -0.3 is 5.32 Å². The predicted molar refractivity (Wildman–Crippen MR) is 84.6 cm³/mol. The van der Waals surface area contributed by atoms with E-state index in [1.54, 1.807) is 12.1 Å². The van der Waals surface area contributed by atoms with Gasteiger partial charge in [-0.15, -0.1) is 0 Å². The second kappa shape index (κ2) is 5.87. The molecule has 21 heavy (non-hydrogen) atoms. The number of benzene rings is 2. The first-order valence-electron chi connectivity index (χ1n) is 6.88. The predicted octanol–water partition coefficient (Wildman–Crippen LogP) is 4.82. The Labute approximate surface area is 131 Å². The van der Waals surface area contributed by atoms with Crippen molar-refractivity contribution < 1.29 is 4.39 Å². The fourth-order valence-corrected chi connectivity index (χ4v) is 3.38. The lowest BCUT2D eigenvalue weighted by molar-refractivity contribution is 0.373. The van der Waals surface area contributed by atoms with Crippen LogP contribution in [0.25, 0.3) is 0 Å². The standard InChI is InChI=1S/C17H14BrFN2/c18-15-5-2-1-4-13(15)11-8-12(9-11)21-17-7-3-6-16(19)14(17)10-20/h1-7,11-12,21H,8-9H2. The van der Waals surface area contributed by atoms with Gasteiger partial charge in [0.25, 0.3) is 0 Å². The molecule has 2 aromatic carbocycles. The minimum atomic E-state index is -0.468. The molecule has 0 aromatic heterocycles. The molecular formula is C17H14BrFN2. The molecule has 4 heteroatoms. The van der Waals surface area contributed by atoms with Gasteiger partial charge in [-0.1, -0.05) is 40.2 Å². The van der Waals surface area contributed by atoms with Crippen LogP contribution in [0.3, 0.4) is 0 Å². The second-order valence-electron chi connectivity index (χ2n) is 5.31. The van der Waals surface area contributed by atoms with Crippen molar-refractivity contribution in [2.24, 2.45) is 0 Å². The summed E-state index contributed by atoms with van der Waals surface area (Å²) in [5, 5.41) is 12.3. The Bertz CT molecular complexity index is 702. The average molecular weight is 345 g/mol. The van der Waals surface area contributed by atoms with Gasteiger partial charge in [-0.3, -0.25) is 0 Å². The number of rotatable bonds is 3. The zero-order valence-corrected chi connectivity index (χ0v) is 12.9. The molecule has 0 spiro atoms. The van der Waals surface area contributed by atoms with Gasteiger partial charge in [-0.25, -0.2) is 4.39 Å². The molecule has 1 saturated carbocycles. The van der Waals surface area contributed by atoms with Gasteiger partial charge >= 0.3 is 0 Å². The molecule has 0 amide bonds. The van der Waals surface area contributed by atoms with Gasteiger partial charge in [0.05, 0.1) is 5.69 Å². The van der Waals surface area contributed by atoms with Crippen LogP contribution in [0, 0.1) is 17.1 Å².